The van der Waals surface area contributed by atoms with E-state index in [1.165, 1.54) is 31.5 Å². The zero-order chi connectivity index (χ0) is 12.5. The number of hydrogen-bond donors (Lipinski definition) is 1. The van der Waals surface area contributed by atoms with Crippen LogP contribution in [0.15, 0.2) is 12.3 Å². The smallest absolute Gasteiger partial charge is 0.0527 e. The molecule has 2 fully saturated rings. The molecule has 0 aromatic carbocycles. The Bertz CT molecular complexity index is 384. The van der Waals surface area contributed by atoms with Gasteiger partial charge in [-0.25, -0.2) is 0 Å². The van der Waals surface area contributed by atoms with Gasteiger partial charge in [0.1, 0.15) is 0 Å². The summed E-state index contributed by atoms with van der Waals surface area (Å²) in [5.74, 6) is 0. The molecular weight excluding hydrogens is 224 g/mol. The predicted molar refractivity (Wildman–Crippen MR) is 72.5 cm³/mol. The van der Waals surface area contributed by atoms with E-state index in [2.05, 4.69) is 39.9 Å². The quantitative estimate of drug-likeness (QED) is 0.885. The highest BCUT2D eigenvalue weighted by Crippen LogP contribution is 2.29. The van der Waals surface area contributed by atoms with Gasteiger partial charge in [-0.05, 0) is 45.7 Å². The fourth-order valence-corrected chi connectivity index (χ4v) is 3.46. The van der Waals surface area contributed by atoms with Crippen molar-refractivity contribution in [2.45, 2.75) is 57.8 Å². The van der Waals surface area contributed by atoms with E-state index in [0.29, 0.717) is 6.04 Å². The summed E-state index contributed by atoms with van der Waals surface area (Å²) >= 11 is 0. The molecule has 18 heavy (non-hydrogen) atoms. The molecule has 1 aromatic heterocycles. The van der Waals surface area contributed by atoms with Crippen LogP contribution >= 0.6 is 0 Å². The molecule has 2 unspecified atom stereocenters. The number of aromatic nitrogens is 2. The van der Waals surface area contributed by atoms with Crippen molar-refractivity contribution in [1.29, 1.82) is 0 Å². The van der Waals surface area contributed by atoms with Crippen LogP contribution in [-0.2, 0) is 6.54 Å². The number of rotatable bonds is 3. The first-order valence-corrected chi connectivity index (χ1v) is 7.24. The molecule has 2 bridgehead atoms. The molecule has 2 saturated heterocycles. The molecule has 2 aliphatic rings. The first kappa shape index (κ1) is 12.2. The van der Waals surface area contributed by atoms with Gasteiger partial charge >= 0.3 is 0 Å². The molecule has 1 aromatic rings. The summed E-state index contributed by atoms with van der Waals surface area (Å²) in [7, 11) is 0. The second-order valence-electron chi connectivity index (χ2n) is 5.91. The van der Waals surface area contributed by atoms with Gasteiger partial charge in [0.25, 0.3) is 0 Å². The minimum atomic E-state index is 0.456. The van der Waals surface area contributed by atoms with Gasteiger partial charge < -0.3 is 5.32 Å². The van der Waals surface area contributed by atoms with Crippen molar-refractivity contribution >= 4 is 0 Å². The Kier molecular flexibility index (Phi) is 3.39. The molecular formula is C14H24N4. The fraction of sp³-hybridized carbons (Fsp3) is 0.786. The van der Waals surface area contributed by atoms with Crippen molar-refractivity contribution < 1.29 is 0 Å². The largest absolute Gasteiger partial charge is 0.315 e. The monoisotopic (exact) mass is 248 g/mol. The summed E-state index contributed by atoms with van der Waals surface area (Å²) in [5.41, 5.74) is 1.36. The summed E-state index contributed by atoms with van der Waals surface area (Å²) in [4.78, 5) is 2.70. The Balaban J connectivity index is 1.77. The number of nitrogens with zero attached hydrogens (tertiary/aromatic N) is 3. The average Bonchev–Trinajstić information content (AvgIpc) is 2.84. The molecule has 0 spiro atoms. The van der Waals surface area contributed by atoms with Gasteiger partial charge in [-0.15, -0.1) is 0 Å². The van der Waals surface area contributed by atoms with Crippen molar-refractivity contribution in [3.63, 3.8) is 0 Å². The van der Waals surface area contributed by atoms with Gasteiger partial charge in [0, 0.05) is 37.4 Å². The lowest BCUT2D eigenvalue weighted by Gasteiger charge is -2.28. The fourth-order valence-electron chi connectivity index (χ4n) is 3.46. The second-order valence-corrected chi connectivity index (χ2v) is 5.91. The molecule has 1 N–H and O–H groups in total. The third kappa shape index (κ3) is 2.19. The molecule has 4 heteroatoms. The van der Waals surface area contributed by atoms with Gasteiger partial charge in [0.2, 0.25) is 0 Å². The van der Waals surface area contributed by atoms with Crippen LogP contribution in [-0.4, -0.2) is 39.9 Å². The van der Waals surface area contributed by atoms with Gasteiger partial charge in [0.15, 0.2) is 0 Å². The van der Waals surface area contributed by atoms with E-state index in [1.807, 2.05) is 6.20 Å². The van der Waals surface area contributed by atoms with Crippen molar-refractivity contribution in [3.8, 4) is 0 Å². The first-order valence-electron chi connectivity index (χ1n) is 7.24. The summed E-state index contributed by atoms with van der Waals surface area (Å²) in [6.45, 7) is 7.81. The van der Waals surface area contributed by atoms with E-state index in [-0.39, 0.29) is 0 Å². The molecule has 2 atom stereocenters. The van der Waals surface area contributed by atoms with Gasteiger partial charge in [-0.1, -0.05) is 0 Å². The van der Waals surface area contributed by atoms with Crippen molar-refractivity contribution in [2.75, 3.05) is 13.1 Å². The maximum absolute atomic E-state index is 4.45. The Hall–Kier alpha value is -0.870. The summed E-state index contributed by atoms with van der Waals surface area (Å²) < 4.78 is 2.16. The van der Waals surface area contributed by atoms with Crippen LogP contribution in [0.3, 0.4) is 0 Å². The number of fused-ring (bicyclic) bond motifs is 2. The Morgan fingerprint density at radius 3 is 3.00 bits per heavy atom. The summed E-state index contributed by atoms with van der Waals surface area (Å²) in [5, 5.41) is 8.01. The van der Waals surface area contributed by atoms with Crippen LogP contribution in [0.25, 0.3) is 0 Å². The van der Waals surface area contributed by atoms with Crippen LogP contribution in [0.2, 0.25) is 0 Å². The van der Waals surface area contributed by atoms with E-state index in [4.69, 9.17) is 0 Å². The Morgan fingerprint density at radius 2 is 2.17 bits per heavy atom. The SMILES string of the molecule is CC(C)n1nccc1CN1C2CCNCC1CC2. The van der Waals surface area contributed by atoms with Crippen LogP contribution in [0.1, 0.15) is 44.8 Å². The zero-order valence-corrected chi connectivity index (χ0v) is 11.5. The molecule has 3 rings (SSSR count). The van der Waals surface area contributed by atoms with Gasteiger partial charge in [-0.3, -0.25) is 9.58 Å². The molecule has 3 heterocycles. The van der Waals surface area contributed by atoms with Crippen molar-refractivity contribution in [2.24, 2.45) is 0 Å². The standard InChI is InChI=1S/C14H24N4/c1-11(2)18-14(6-8-16-18)10-17-12-3-4-13(17)9-15-7-5-12/h6,8,11-13,15H,3-5,7,9-10H2,1-2H3. The predicted octanol–water partition coefficient (Wildman–Crippen LogP) is 1.79. The second kappa shape index (κ2) is 5.02. The van der Waals surface area contributed by atoms with E-state index in [1.54, 1.807) is 0 Å². The van der Waals surface area contributed by atoms with E-state index >= 15 is 0 Å². The van der Waals surface area contributed by atoms with Gasteiger partial charge in [-0.2, -0.15) is 5.10 Å². The third-order valence-electron chi connectivity index (χ3n) is 4.39. The summed E-state index contributed by atoms with van der Waals surface area (Å²) in [6, 6.07) is 4.14. The highest BCUT2D eigenvalue weighted by atomic mass is 15.3. The van der Waals surface area contributed by atoms with Crippen LogP contribution in [0.4, 0.5) is 0 Å². The normalized spacial score (nSPS) is 28.8. The topological polar surface area (TPSA) is 33.1 Å². The highest BCUT2D eigenvalue weighted by molar-refractivity contribution is 5.04. The molecule has 0 aliphatic carbocycles. The van der Waals surface area contributed by atoms with Crippen LogP contribution in [0, 0.1) is 0 Å². The van der Waals surface area contributed by atoms with Crippen LogP contribution in [0.5, 0.6) is 0 Å². The molecule has 0 saturated carbocycles. The highest BCUT2D eigenvalue weighted by Gasteiger charge is 2.35. The number of hydrogen-bond acceptors (Lipinski definition) is 3. The van der Waals surface area contributed by atoms with Crippen LogP contribution < -0.4 is 5.32 Å². The third-order valence-corrected chi connectivity index (χ3v) is 4.39. The van der Waals surface area contributed by atoms with E-state index in [0.717, 1.165) is 25.2 Å². The molecule has 2 aliphatic heterocycles. The Labute approximate surface area is 109 Å². The zero-order valence-electron chi connectivity index (χ0n) is 11.5. The maximum atomic E-state index is 4.45. The molecule has 4 nitrogen and oxygen atoms in total. The molecule has 0 radical (unpaired) electrons. The van der Waals surface area contributed by atoms with E-state index < -0.39 is 0 Å². The first-order chi connectivity index (χ1) is 8.75. The lowest BCUT2D eigenvalue weighted by Crippen LogP contribution is -2.38. The molecule has 0 amide bonds. The summed E-state index contributed by atoms with van der Waals surface area (Å²) in [6.07, 6.45) is 5.97. The minimum absolute atomic E-state index is 0.456. The number of nitrogens with one attached hydrogen (secondary N) is 1. The maximum Gasteiger partial charge on any atom is 0.0527 e. The Morgan fingerprint density at radius 1 is 1.33 bits per heavy atom. The van der Waals surface area contributed by atoms with Crippen molar-refractivity contribution in [1.82, 2.24) is 20.0 Å². The van der Waals surface area contributed by atoms with Gasteiger partial charge in [0.05, 0.1) is 5.69 Å². The lowest BCUT2D eigenvalue weighted by atomic mass is 10.1. The van der Waals surface area contributed by atoms with E-state index in [9.17, 15) is 0 Å². The van der Waals surface area contributed by atoms with Crippen molar-refractivity contribution in [3.05, 3.63) is 18.0 Å². The minimum Gasteiger partial charge on any atom is -0.315 e. The molecule has 100 valence electrons. The average molecular weight is 248 g/mol. The lowest BCUT2D eigenvalue weighted by molar-refractivity contribution is 0.186.